The van der Waals surface area contributed by atoms with Gasteiger partial charge in [-0.05, 0) is 19.4 Å². The largest absolute Gasteiger partial charge is 0.304 e. The van der Waals surface area contributed by atoms with E-state index in [1.54, 1.807) is 0 Å². The molecule has 0 unspecified atom stereocenters. The minimum atomic E-state index is -0.393. The van der Waals surface area contributed by atoms with Gasteiger partial charge in [0, 0.05) is 0 Å². The highest BCUT2D eigenvalue weighted by Gasteiger charge is 2.37. The molecular formula is C12H14N2OS. The van der Waals surface area contributed by atoms with E-state index in [1.165, 1.54) is 11.8 Å². The number of nitrogens with zero attached hydrogens (tertiary/aromatic N) is 1. The first kappa shape index (κ1) is 11.2. The molecule has 1 aromatic carbocycles. The van der Waals surface area contributed by atoms with Crippen LogP contribution >= 0.6 is 11.8 Å². The summed E-state index contributed by atoms with van der Waals surface area (Å²) in [7, 11) is 0. The smallest absolute Gasteiger partial charge is 0.242 e. The molecule has 0 bridgehead atoms. The Bertz CT molecular complexity index is 426. The minimum absolute atomic E-state index is 0.0318. The Morgan fingerprint density at radius 3 is 2.56 bits per heavy atom. The summed E-state index contributed by atoms with van der Waals surface area (Å²) in [6.45, 7) is 4.41. The highest BCUT2D eigenvalue weighted by Crippen LogP contribution is 2.30. The summed E-state index contributed by atoms with van der Waals surface area (Å²) in [6.07, 6.45) is 0. The van der Waals surface area contributed by atoms with Crippen LogP contribution < -0.4 is 5.32 Å². The third-order valence-corrected chi connectivity index (χ3v) is 3.49. The zero-order chi connectivity index (χ0) is 11.6. The van der Waals surface area contributed by atoms with Gasteiger partial charge in [-0.15, -0.1) is 0 Å². The number of amides is 1. The Labute approximate surface area is 99.3 Å². The molecule has 0 aliphatic carbocycles. The molecular weight excluding hydrogens is 220 g/mol. The van der Waals surface area contributed by atoms with Gasteiger partial charge in [0.25, 0.3) is 0 Å². The molecule has 4 heteroatoms. The molecule has 1 fully saturated rings. The van der Waals surface area contributed by atoms with Gasteiger partial charge in [-0.2, -0.15) is 0 Å². The van der Waals surface area contributed by atoms with Gasteiger partial charge in [0.1, 0.15) is 0 Å². The summed E-state index contributed by atoms with van der Waals surface area (Å²) in [5.74, 6) is 0.0318. The molecule has 2 rings (SSSR count). The van der Waals surface area contributed by atoms with Crippen molar-refractivity contribution in [2.24, 2.45) is 4.99 Å². The standard InChI is InChI=1S/C12H14N2OS/c1-12(2)10(15)14-11(16-12)13-8-9-6-4-3-5-7-9/h3-7H,8H2,1-2H3,(H,13,14,15). The van der Waals surface area contributed by atoms with Crippen LogP contribution in [0.3, 0.4) is 0 Å². The molecule has 1 aromatic rings. The monoisotopic (exact) mass is 234 g/mol. The Morgan fingerprint density at radius 1 is 1.31 bits per heavy atom. The van der Waals surface area contributed by atoms with Crippen molar-refractivity contribution in [2.75, 3.05) is 0 Å². The molecule has 3 nitrogen and oxygen atoms in total. The van der Waals surface area contributed by atoms with Crippen molar-refractivity contribution in [3.63, 3.8) is 0 Å². The fourth-order valence-corrected chi connectivity index (χ4v) is 2.28. The molecule has 0 atom stereocenters. The van der Waals surface area contributed by atoms with Crippen LogP contribution in [0.25, 0.3) is 0 Å². The molecule has 0 saturated carbocycles. The number of thioether (sulfide) groups is 1. The number of hydrogen-bond acceptors (Lipinski definition) is 3. The van der Waals surface area contributed by atoms with Gasteiger partial charge in [-0.3, -0.25) is 9.79 Å². The average molecular weight is 234 g/mol. The van der Waals surface area contributed by atoms with E-state index >= 15 is 0 Å². The van der Waals surface area contributed by atoms with Crippen LogP contribution in [0, 0.1) is 0 Å². The molecule has 0 radical (unpaired) electrons. The quantitative estimate of drug-likeness (QED) is 0.852. The van der Waals surface area contributed by atoms with Crippen molar-refractivity contribution in [1.29, 1.82) is 0 Å². The van der Waals surface area contributed by atoms with Crippen LogP contribution in [0.4, 0.5) is 0 Å². The lowest BCUT2D eigenvalue weighted by Gasteiger charge is -2.08. The van der Waals surface area contributed by atoms with Crippen molar-refractivity contribution in [3.8, 4) is 0 Å². The second-order valence-corrected chi connectivity index (χ2v) is 5.78. The maximum atomic E-state index is 11.5. The normalized spacial score (nSPS) is 21.1. The van der Waals surface area contributed by atoms with E-state index in [1.807, 2.05) is 44.2 Å². The van der Waals surface area contributed by atoms with E-state index in [2.05, 4.69) is 10.3 Å². The maximum Gasteiger partial charge on any atom is 0.242 e. The highest BCUT2D eigenvalue weighted by molar-refractivity contribution is 8.16. The van der Waals surface area contributed by atoms with Gasteiger partial charge in [-0.1, -0.05) is 42.1 Å². The van der Waals surface area contributed by atoms with Crippen LogP contribution in [-0.2, 0) is 11.3 Å². The lowest BCUT2D eigenvalue weighted by molar-refractivity contribution is -0.120. The third-order valence-electron chi connectivity index (χ3n) is 2.37. The lowest BCUT2D eigenvalue weighted by Crippen LogP contribution is -2.30. The third kappa shape index (κ3) is 2.44. The van der Waals surface area contributed by atoms with E-state index in [9.17, 15) is 4.79 Å². The molecule has 1 aliphatic heterocycles. The van der Waals surface area contributed by atoms with Gasteiger partial charge in [-0.25, -0.2) is 0 Å². The zero-order valence-corrected chi connectivity index (χ0v) is 10.2. The Balaban J connectivity index is 2.03. The van der Waals surface area contributed by atoms with Crippen molar-refractivity contribution in [1.82, 2.24) is 5.32 Å². The Morgan fingerprint density at radius 2 is 2.00 bits per heavy atom. The molecule has 0 spiro atoms. The SMILES string of the molecule is CC1(C)SC(=NCc2ccccc2)NC1=O. The van der Waals surface area contributed by atoms with Crippen molar-refractivity contribution in [3.05, 3.63) is 35.9 Å². The number of nitrogens with one attached hydrogen (secondary N) is 1. The van der Waals surface area contributed by atoms with Gasteiger partial charge >= 0.3 is 0 Å². The molecule has 1 amide bonds. The second kappa shape index (κ2) is 4.29. The number of aliphatic imine (C=N–C) groups is 1. The van der Waals surface area contributed by atoms with Crippen LogP contribution in [0.5, 0.6) is 0 Å². The predicted octanol–water partition coefficient (Wildman–Crippen LogP) is 2.18. The maximum absolute atomic E-state index is 11.5. The highest BCUT2D eigenvalue weighted by atomic mass is 32.2. The molecule has 1 aliphatic rings. The topological polar surface area (TPSA) is 41.5 Å². The summed E-state index contributed by atoms with van der Waals surface area (Å²) in [6, 6.07) is 10.00. The number of hydrogen-bond donors (Lipinski definition) is 1. The van der Waals surface area contributed by atoms with Crippen molar-refractivity contribution < 1.29 is 4.79 Å². The number of amidine groups is 1. The zero-order valence-electron chi connectivity index (χ0n) is 9.36. The van der Waals surface area contributed by atoms with Crippen LogP contribution in [0.15, 0.2) is 35.3 Å². The summed E-state index contributed by atoms with van der Waals surface area (Å²) < 4.78 is -0.393. The first-order valence-electron chi connectivity index (χ1n) is 5.17. The summed E-state index contributed by atoms with van der Waals surface area (Å²) in [5, 5.41) is 3.51. The molecule has 0 aromatic heterocycles. The van der Waals surface area contributed by atoms with Gasteiger partial charge in [0.05, 0.1) is 11.3 Å². The van der Waals surface area contributed by atoms with E-state index in [0.717, 1.165) is 10.7 Å². The first-order chi connectivity index (χ1) is 7.58. The van der Waals surface area contributed by atoms with Gasteiger partial charge in [0.2, 0.25) is 5.91 Å². The van der Waals surface area contributed by atoms with Crippen LogP contribution in [-0.4, -0.2) is 15.8 Å². The summed E-state index contributed by atoms with van der Waals surface area (Å²) in [4.78, 5) is 15.9. The average Bonchev–Trinajstić information content (AvgIpc) is 2.52. The fourth-order valence-electron chi connectivity index (χ4n) is 1.38. The van der Waals surface area contributed by atoms with E-state index in [4.69, 9.17) is 0 Å². The van der Waals surface area contributed by atoms with E-state index in [-0.39, 0.29) is 5.91 Å². The van der Waals surface area contributed by atoms with E-state index < -0.39 is 4.75 Å². The number of rotatable bonds is 2. The van der Waals surface area contributed by atoms with Gasteiger partial charge in [0.15, 0.2) is 5.17 Å². The number of benzene rings is 1. The minimum Gasteiger partial charge on any atom is -0.304 e. The molecule has 1 heterocycles. The Kier molecular flexibility index (Phi) is 3.01. The molecule has 1 saturated heterocycles. The summed E-state index contributed by atoms with van der Waals surface area (Å²) >= 11 is 1.48. The fraction of sp³-hybridized carbons (Fsp3) is 0.333. The van der Waals surface area contributed by atoms with E-state index in [0.29, 0.717) is 6.54 Å². The second-order valence-electron chi connectivity index (χ2n) is 4.17. The molecule has 1 N–H and O–H groups in total. The van der Waals surface area contributed by atoms with Crippen LogP contribution in [0.1, 0.15) is 19.4 Å². The predicted molar refractivity (Wildman–Crippen MR) is 67.4 cm³/mol. The lowest BCUT2D eigenvalue weighted by atomic mass is 10.2. The number of carbonyl (C=O) groups excluding carboxylic acids is 1. The first-order valence-corrected chi connectivity index (χ1v) is 5.98. The van der Waals surface area contributed by atoms with Gasteiger partial charge < -0.3 is 5.32 Å². The molecule has 84 valence electrons. The summed E-state index contributed by atoms with van der Waals surface area (Å²) in [5.41, 5.74) is 1.15. The van der Waals surface area contributed by atoms with Crippen molar-refractivity contribution >= 4 is 22.8 Å². The molecule has 16 heavy (non-hydrogen) atoms. The van der Waals surface area contributed by atoms with Crippen LogP contribution in [0.2, 0.25) is 0 Å². The number of carbonyl (C=O) groups is 1. The van der Waals surface area contributed by atoms with Crippen molar-refractivity contribution in [2.45, 2.75) is 25.1 Å². The Hall–Kier alpha value is -1.29.